The Labute approximate surface area is 90.1 Å². The first-order chi connectivity index (χ1) is 6.91. The Hall–Kier alpha value is -0.620. The molecule has 88 valence electrons. The molecule has 1 amide bonds. The van der Waals surface area contributed by atoms with Gasteiger partial charge in [-0.15, -0.1) is 0 Å². The molecule has 1 rings (SSSR count). The van der Waals surface area contributed by atoms with Crippen LogP contribution in [0.25, 0.3) is 0 Å². The van der Waals surface area contributed by atoms with Gasteiger partial charge in [0.2, 0.25) is 5.91 Å². The van der Waals surface area contributed by atoms with Gasteiger partial charge in [-0.05, 0) is 12.3 Å². The molecule has 0 aliphatic carbocycles. The van der Waals surface area contributed by atoms with Crippen molar-refractivity contribution in [3.05, 3.63) is 0 Å². The van der Waals surface area contributed by atoms with Crippen LogP contribution in [0, 0.1) is 11.8 Å². The predicted molar refractivity (Wildman–Crippen MR) is 55.7 cm³/mol. The van der Waals surface area contributed by atoms with E-state index in [0.29, 0.717) is 18.9 Å². The fraction of sp³-hybridized carbons (Fsp3) is 0.889. The van der Waals surface area contributed by atoms with Crippen molar-refractivity contribution < 1.29 is 18.0 Å². The number of carbonyl (C=O) groups is 1. The third-order valence-corrected chi connectivity index (χ3v) is 3.96. The SMILES string of the molecule is CC(C)CONC(=O)C1CCS(=O)(=O)C1. The van der Waals surface area contributed by atoms with E-state index in [4.69, 9.17) is 4.84 Å². The number of hydrogen-bond donors (Lipinski definition) is 1. The molecule has 0 aromatic heterocycles. The van der Waals surface area contributed by atoms with E-state index in [0.717, 1.165) is 0 Å². The molecular formula is C9H17NO4S. The Balaban J connectivity index is 2.30. The molecule has 15 heavy (non-hydrogen) atoms. The lowest BCUT2D eigenvalue weighted by atomic mass is 10.1. The highest BCUT2D eigenvalue weighted by Gasteiger charge is 2.32. The normalized spacial score (nSPS) is 24.3. The van der Waals surface area contributed by atoms with Gasteiger partial charge in [0.25, 0.3) is 0 Å². The van der Waals surface area contributed by atoms with Crippen molar-refractivity contribution in [1.82, 2.24) is 5.48 Å². The van der Waals surface area contributed by atoms with Crippen molar-refractivity contribution in [2.24, 2.45) is 11.8 Å². The predicted octanol–water partition coefficient (Wildman–Crippen LogP) is 0.125. The zero-order valence-electron chi connectivity index (χ0n) is 9.02. The third-order valence-electron chi connectivity index (χ3n) is 2.19. The first-order valence-electron chi connectivity index (χ1n) is 5.03. The molecular weight excluding hydrogens is 218 g/mol. The molecule has 1 aliphatic heterocycles. The van der Waals surface area contributed by atoms with Gasteiger partial charge in [0.05, 0.1) is 24.0 Å². The Bertz CT molecular complexity index is 323. The molecule has 1 fully saturated rings. The van der Waals surface area contributed by atoms with E-state index in [2.05, 4.69) is 5.48 Å². The minimum Gasteiger partial charge on any atom is -0.273 e. The van der Waals surface area contributed by atoms with Crippen LogP contribution in [-0.2, 0) is 19.5 Å². The van der Waals surface area contributed by atoms with Crippen LogP contribution in [0.15, 0.2) is 0 Å². The van der Waals surface area contributed by atoms with Crippen LogP contribution in [0.4, 0.5) is 0 Å². The van der Waals surface area contributed by atoms with E-state index >= 15 is 0 Å². The van der Waals surface area contributed by atoms with E-state index in [1.807, 2.05) is 13.8 Å². The van der Waals surface area contributed by atoms with Crippen molar-refractivity contribution >= 4 is 15.7 Å². The minimum atomic E-state index is -3.00. The number of hydrogen-bond acceptors (Lipinski definition) is 4. The average Bonchev–Trinajstić information content (AvgIpc) is 2.45. The van der Waals surface area contributed by atoms with Crippen LogP contribution < -0.4 is 5.48 Å². The molecule has 1 heterocycles. The lowest BCUT2D eigenvalue weighted by Crippen LogP contribution is -2.32. The van der Waals surface area contributed by atoms with Gasteiger partial charge < -0.3 is 0 Å². The summed E-state index contributed by atoms with van der Waals surface area (Å²) < 4.78 is 22.2. The molecule has 1 aliphatic rings. The third kappa shape index (κ3) is 4.17. The van der Waals surface area contributed by atoms with Crippen LogP contribution in [0.3, 0.4) is 0 Å². The summed E-state index contributed by atoms with van der Waals surface area (Å²) in [5, 5.41) is 0. The van der Waals surface area contributed by atoms with Gasteiger partial charge in [0, 0.05) is 0 Å². The van der Waals surface area contributed by atoms with Crippen molar-refractivity contribution in [3.63, 3.8) is 0 Å². The van der Waals surface area contributed by atoms with Gasteiger partial charge in [-0.1, -0.05) is 13.8 Å². The fourth-order valence-electron chi connectivity index (χ4n) is 1.36. The van der Waals surface area contributed by atoms with E-state index < -0.39 is 15.8 Å². The van der Waals surface area contributed by atoms with Crippen LogP contribution in [0.5, 0.6) is 0 Å². The maximum atomic E-state index is 11.4. The van der Waals surface area contributed by atoms with Gasteiger partial charge in [0.1, 0.15) is 0 Å². The summed E-state index contributed by atoms with van der Waals surface area (Å²) >= 11 is 0. The summed E-state index contributed by atoms with van der Waals surface area (Å²) in [5.74, 6) is -0.379. The first-order valence-corrected chi connectivity index (χ1v) is 6.85. The maximum absolute atomic E-state index is 11.4. The molecule has 0 saturated carbocycles. The second kappa shape index (κ2) is 4.94. The number of hydroxylamine groups is 1. The summed E-state index contributed by atoms with van der Waals surface area (Å²) in [6, 6.07) is 0. The van der Waals surface area contributed by atoms with Gasteiger partial charge in [0.15, 0.2) is 9.84 Å². The van der Waals surface area contributed by atoms with Crippen LogP contribution in [0.1, 0.15) is 20.3 Å². The fourth-order valence-corrected chi connectivity index (χ4v) is 3.11. The highest BCUT2D eigenvalue weighted by molar-refractivity contribution is 7.91. The number of amides is 1. The topological polar surface area (TPSA) is 72.5 Å². The Morgan fingerprint density at radius 3 is 2.67 bits per heavy atom. The van der Waals surface area contributed by atoms with Crippen LogP contribution >= 0.6 is 0 Å². The second-order valence-corrected chi connectivity index (χ2v) is 6.50. The number of sulfone groups is 1. The largest absolute Gasteiger partial charge is 0.273 e. The van der Waals surface area contributed by atoms with Crippen molar-refractivity contribution in [2.45, 2.75) is 20.3 Å². The lowest BCUT2D eigenvalue weighted by Gasteiger charge is -2.10. The quantitative estimate of drug-likeness (QED) is 0.703. The molecule has 1 atom stereocenters. The zero-order valence-corrected chi connectivity index (χ0v) is 9.84. The molecule has 5 nitrogen and oxygen atoms in total. The summed E-state index contributed by atoms with van der Waals surface area (Å²) in [6.45, 7) is 4.36. The molecule has 1 unspecified atom stereocenters. The molecule has 6 heteroatoms. The Kier molecular flexibility index (Phi) is 4.10. The summed E-state index contributed by atoms with van der Waals surface area (Å²) in [5.41, 5.74) is 2.29. The highest BCUT2D eigenvalue weighted by atomic mass is 32.2. The lowest BCUT2D eigenvalue weighted by molar-refractivity contribution is -0.137. The zero-order chi connectivity index (χ0) is 11.5. The van der Waals surface area contributed by atoms with E-state index in [9.17, 15) is 13.2 Å². The highest BCUT2D eigenvalue weighted by Crippen LogP contribution is 2.18. The standard InChI is InChI=1S/C9H17NO4S/c1-7(2)5-14-10-9(11)8-3-4-15(12,13)6-8/h7-8H,3-6H2,1-2H3,(H,10,11). The van der Waals surface area contributed by atoms with Gasteiger partial charge in [-0.2, -0.15) is 0 Å². The number of nitrogens with one attached hydrogen (secondary N) is 1. The minimum absolute atomic E-state index is 0.0517. The van der Waals surface area contributed by atoms with Crippen molar-refractivity contribution in [1.29, 1.82) is 0 Å². The summed E-state index contributed by atoms with van der Waals surface area (Å²) in [4.78, 5) is 16.4. The van der Waals surface area contributed by atoms with E-state index in [1.54, 1.807) is 0 Å². The molecule has 0 aromatic carbocycles. The Morgan fingerprint density at radius 1 is 1.53 bits per heavy atom. The number of rotatable bonds is 4. The van der Waals surface area contributed by atoms with Crippen LogP contribution in [0.2, 0.25) is 0 Å². The molecule has 1 saturated heterocycles. The van der Waals surface area contributed by atoms with Gasteiger partial charge in [-0.3, -0.25) is 9.63 Å². The van der Waals surface area contributed by atoms with E-state index in [1.165, 1.54) is 0 Å². The average molecular weight is 235 g/mol. The van der Waals surface area contributed by atoms with Gasteiger partial charge in [-0.25, -0.2) is 13.9 Å². The van der Waals surface area contributed by atoms with E-state index in [-0.39, 0.29) is 17.4 Å². The summed E-state index contributed by atoms with van der Waals surface area (Å²) in [7, 11) is -3.00. The molecule has 1 N–H and O–H groups in total. The molecule has 0 spiro atoms. The summed E-state index contributed by atoms with van der Waals surface area (Å²) in [6.07, 6.45) is 0.402. The smallest absolute Gasteiger partial charge is 0.247 e. The first kappa shape index (κ1) is 12.4. The van der Waals surface area contributed by atoms with Gasteiger partial charge >= 0.3 is 0 Å². The van der Waals surface area contributed by atoms with Crippen molar-refractivity contribution in [3.8, 4) is 0 Å². The molecule has 0 bridgehead atoms. The molecule has 0 aromatic rings. The molecule has 0 radical (unpaired) electrons. The maximum Gasteiger partial charge on any atom is 0.247 e. The number of carbonyl (C=O) groups excluding carboxylic acids is 1. The monoisotopic (exact) mass is 235 g/mol. The Morgan fingerprint density at radius 2 is 2.20 bits per heavy atom. The van der Waals surface area contributed by atoms with Crippen LogP contribution in [-0.4, -0.2) is 32.4 Å². The second-order valence-electron chi connectivity index (χ2n) is 4.27. The van der Waals surface area contributed by atoms with Crippen molar-refractivity contribution in [2.75, 3.05) is 18.1 Å².